The van der Waals surface area contributed by atoms with Gasteiger partial charge in [-0.3, -0.25) is 4.90 Å². The zero-order valence-corrected chi connectivity index (χ0v) is 13.2. The third kappa shape index (κ3) is 2.64. The molecule has 108 valence electrons. The van der Waals surface area contributed by atoms with Gasteiger partial charge in [0.05, 0.1) is 21.5 Å². The lowest BCUT2D eigenvalue weighted by atomic mass is 10.00. The molecule has 0 spiro atoms. The van der Waals surface area contributed by atoms with Crippen LogP contribution in [0.2, 0.25) is 0 Å². The summed E-state index contributed by atoms with van der Waals surface area (Å²) in [5.41, 5.74) is 1.15. The van der Waals surface area contributed by atoms with E-state index in [0.29, 0.717) is 11.7 Å². The molecule has 1 aliphatic heterocycles. The molecule has 0 unspecified atom stereocenters. The minimum atomic E-state index is 0.353. The number of likely N-dealkylation sites (tertiary alicyclic amines) is 1. The lowest BCUT2D eigenvalue weighted by Gasteiger charge is -2.36. The first-order valence-corrected chi connectivity index (χ1v) is 8.55. The SMILES string of the molecule is Cc1nc(CN2CC(c3nc(-c4cccs4)no3)C2)cs1. The molecular formula is C14H14N4OS2. The molecule has 21 heavy (non-hydrogen) atoms. The fourth-order valence-corrected chi connectivity index (χ4v) is 3.73. The van der Waals surface area contributed by atoms with Gasteiger partial charge in [0.25, 0.3) is 0 Å². The maximum atomic E-state index is 5.40. The first-order valence-electron chi connectivity index (χ1n) is 6.79. The molecule has 0 amide bonds. The van der Waals surface area contributed by atoms with Crippen molar-refractivity contribution in [2.45, 2.75) is 19.4 Å². The van der Waals surface area contributed by atoms with Crippen LogP contribution in [0.4, 0.5) is 0 Å². The number of nitrogens with zero attached hydrogens (tertiary/aromatic N) is 4. The number of thiazole rings is 1. The molecule has 3 aromatic heterocycles. The summed E-state index contributed by atoms with van der Waals surface area (Å²) in [6.45, 7) is 4.87. The number of aromatic nitrogens is 3. The predicted molar refractivity (Wildman–Crippen MR) is 82.5 cm³/mol. The highest BCUT2D eigenvalue weighted by Gasteiger charge is 2.32. The Labute approximate surface area is 130 Å². The van der Waals surface area contributed by atoms with Crippen molar-refractivity contribution in [2.75, 3.05) is 13.1 Å². The van der Waals surface area contributed by atoms with Gasteiger partial charge in [-0.2, -0.15) is 4.98 Å². The van der Waals surface area contributed by atoms with E-state index in [1.165, 1.54) is 0 Å². The van der Waals surface area contributed by atoms with E-state index in [-0.39, 0.29) is 0 Å². The van der Waals surface area contributed by atoms with Crippen LogP contribution in [0, 0.1) is 6.92 Å². The van der Waals surface area contributed by atoms with Gasteiger partial charge in [0.2, 0.25) is 11.7 Å². The van der Waals surface area contributed by atoms with Crippen molar-refractivity contribution in [1.29, 1.82) is 0 Å². The van der Waals surface area contributed by atoms with Gasteiger partial charge in [-0.25, -0.2) is 4.98 Å². The maximum Gasteiger partial charge on any atom is 0.232 e. The average Bonchev–Trinajstić information content (AvgIpc) is 3.14. The maximum absolute atomic E-state index is 5.40. The van der Waals surface area contributed by atoms with Crippen LogP contribution in [0.1, 0.15) is 22.5 Å². The van der Waals surface area contributed by atoms with Crippen molar-refractivity contribution in [3.8, 4) is 10.7 Å². The van der Waals surface area contributed by atoms with E-state index in [1.807, 2.05) is 24.4 Å². The minimum Gasteiger partial charge on any atom is -0.339 e. The van der Waals surface area contributed by atoms with E-state index in [2.05, 4.69) is 25.4 Å². The largest absolute Gasteiger partial charge is 0.339 e. The minimum absolute atomic E-state index is 0.353. The van der Waals surface area contributed by atoms with Gasteiger partial charge in [-0.05, 0) is 18.4 Å². The second-order valence-corrected chi connectivity index (χ2v) is 7.19. The summed E-state index contributed by atoms with van der Waals surface area (Å²) in [6.07, 6.45) is 0. The lowest BCUT2D eigenvalue weighted by Crippen LogP contribution is -2.44. The molecule has 1 aliphatic rings. The van der Waals surface area contributed by atoms with Crippen LogP contribution >= 0.6 is 22.7 Å². The molecule has 0 radical (unpaired) electrons. The number of hydrogen-bond donors (Lipinski definition) is 0. The van der Waals surface area contributed by atoms with Gasteiger partial charge in [0, 0.05) is 25.0 Å². The Kier molecular flexibility index (Phi) is 3.33. The van der Waals surface area contributed by atoms with Gasteiger partial charge in [0.15, 0.2) is 0 Å². The normalized spacial score (nSPS) is 16.2. The molecule has 5 nitrogen and oxygen atoms in total. The Bertz CT molecular complexity index is 728. The summed E-state index contributed by atoms with van der Waals surface area (Å²) < 4.78 is 5.40. The van der Waals surface area contributed by atoms with Crippen LogP contribution in [0.5, 0.6) is 0 Å². The third-order valence-electron chi connectivity index (χ3n) is 3.54. The molecular weight excluding hydrogens is 304 g/mol. The van der Waals surface area contributed by atoms with Crippen LogP contribution < -0.4 is 0 Å². The topological polar surface area (TPSA) is 55.1 Å². The number of aryl methyl sites for hydroxylation is 1. The quantitative estimate of drug-likeness (QED) is 0.739. The van der Waals surface area contributed by atoms with E-state index in [1.54, 1.807) is 22.7 Å². The molecule has 1 fully saturated rings. The Morgan fingerprint density at radius 2 is 2.24 bits per heavy atom. The van der Waals surface area contributed by atoms with Crippen LogP contribution in [0.3, 0.4) is 0 Å². The van der Waals surface area contributed by atoms with Crippen molar-refractivity contribution >= 4 is 22.7 Å². The third-order valence-corrected chi connectivity index (χ3v) is 5.23. The summed E-state index contributed by atoms with van der Waals surface area (Å²) >= 11 is 3.33. The van der Waals surface area contributed by atoms with E-state index >= 15 is 0 Å². The van der Waals surface area contributed by atoms with Gasteiger partial charge < -0.3 is 4.52 Å². The molecule has 0 atom stereocenters. The van der Waals surface area contributed by atoms with Crippen LogP contribution in [-0.4, -0.2) is 33.1 Å². The Morgan fingerprint density at radius 1 is 1.33 bits per heavy atom. The molecule has 3 aromatic rings. The van der Waals surface area contributed by atoms with Crippen LogP contribution in [0.25, 0.3) is 10.7 Å². The number of thiophene rings is 1. The standard InChI is InChI=1S/C14H14N4OS2/c1-9-15-11(8-21-9)7-18-5-10(6-18)14-16-13(17-19-14)12-3-2-4-20-12/h2-4,8,10H,5-7H2,1H3. The predicted octanol–water partition coefficient (Wildman–Crippen LogP) is 3.16. The van der Waals surface area contributed by atoms with Crippen LogP contribution in [0.15, 0.2) is 27.4 Å². The second kappa shape index (κ2) is 5.32. The molecule has 4 heterocycles. The fraction of sp³-hybridized carbons (Fsp3) is 0.357. The molecule has 4 rings (SSSR count). The molecule has 7 heteroatoms. The first kappa shape index (κ1) is 13.1. The molecule has 0 aliphatic carbocycles. The van der Waals surface area contributed by atoms with Gasteiger partial charge in [0.1, 0.15) is 0 Å². The van der Waals surface area contributed by atoms with E-state index < -0.39 is 0 Å². The monoisotopic (exact) mass is 318 g/mol. The Balaban J connectivity index is 1.37. The first-order chi connectivity index (χ1) is 10.3. The highest BCUT2D eigenvalue weighted by molar-refractivity contribution is 7.13. The zero-order chi connectivity index (χ0) is 14.2. The fourth-order valence-electron chi connectivity index (χ4n) is 2.47. The van der Waals surface area contributed by atoms with Crippen molar-refractivity contribution in [3.63, 3.8) is 0 Å². The lowest BCUT2D eigenvalue weighted by molar-refractivity contribution is 0.116. The van der Waals surface area contributed by atoms with E-state index in [0.717, 1.165) is 41.1 Å². The van der Waals surface area contributed by atoms with Crippen molar-refractivity contribution in [3.05, 3.63) is 39.5 Å². The summed E-state index contributed by atoms with van der Waals surface area (Å²) in [4.78, 5) is 12.4. The molecule has 0 N–H and O–H groups in total. The van der Waals surface area contributed by atoms with Crippen molar-refractivity contribution in [1.82, 2.24) is 20.0 Å². The van der Waals surface area contributed by atoms with Gasteiger partial charge in [-0.15, -0.1) is 22.7 Å². The van der Waals surface area contributed by atoms with Gasteiger partial charge >= 0.3 is 0 Å². The second-order valence-electron chi connectivity index (χ2n) is 5.18. The number of rotatable bonds is 4. The summed E-state index contributed by atoms with van der Waals surface area (Å²) in [5, 5.41) is 9.34. The Morgan fingerprint density at radius 3 is 2.95 bits per heavy atom. The molecule has 0 aromatic carbocycles. The van der Waals surface area contributed by atoms with Crippen molar-refractivity contribution in [2.24, 2.45) is 0 Å². The smallest absolute Gasteiger partial charge is 0.232 e. The number of hydrogen-bond acceptors (Lipinski definition) is 7. The average molecular weight is 318 g/mol. The summed E-state index contributed by atoms with van der Waals surface area (Å²) in [6, 6.07) is 4.01. The van der Waals surface area contributed by atoms with Gasteiger partial charge in [-0.1, -0.05) is 11.2 Å². The van der Waals surface area contributed by atoms with E-state index in [9.17, 15) is 0 Å². The van der Waals surface area contributed by atoms with E-state index in [4.69, 9.17) is 4.52 Å². The zero-order valence-electron chi connectivity index (χ0n) is 11.5. The summed E-state index contributed by atoms with van der Waals surface area (Å²) in [7, 11) is 0. The molecule has 0 saturated carbocycles. The summed E-state index contributed by atoms with van der Waals surface area (Å²) in [5.74, 6) is 1.81. The highest BCUT2D eigenvalue weighted by Crippen LogP contribution is 2.29. The highest BCUT2D eigenvalue weighted by atomic mass is 32.1. The molecule has 0 bridgehead atoms. The Hall–Kier alpha value is -1.57. The van der Waals surface area contributed by atoms with Crippen LogP contribution in [-0.2, 0) is 6.54 Å². The van der Waals surface area contributed by atoms with Crippen molar-refractivity contribution < 1.29 is 4.52 Å². The molecule has 1 saturated heterocycles.